The molecule has 3 rings (SSSR count). The highest BCUT2D eigenvalue weighted by Crippen LogP contribution is 2.31. The Labute approximate surface area is 156 Å². The van der Waals surface area contributed by atoms with E-state index in [-0.39, 0.29) is 17.8 Å². The molecule has 0 bridgehead atoms. The Morgan fingerprint density at radius 1 is 1.30 bits per heavy atom. The summed E-state index contributed by atoms with van der Waals surface area (Å²) in [6.07, 6.45) is 5.44. The fourth-order valence-corrected chi connectivity index (χ4v) is 2.46. The van der Waals surface area contributed by atoms with E-state index < -0.39 is 0 Å². The Morgan fingerprint density at radius 3 is 2.78 bits per heavy atom. The second kappa shape index (κ2) is 7.86. The summed E-state index contributed by atoms with van der Waals surface area (Å²) in [5.41, 5.74) is 1.69. The van der Waals surface area contributed by atoms with Crippen LogP contribution in [0.15, 0.2) is 42.9 Å². The average Bonchev–Trinajstić information content (AvgIpc) is 3.09. The first-order valence-electron chi connectivity index (χ1n) is 8.58. The van der Waals surface area contributed by atoms with Crippen LogP contribution in [0.5, 0.6) is 11.8 Å². The van der Waals surface area contributed by atoms with Gasteiger partial charge in [-0.2, -0.15) is 9.78 Å². The van der Waals surface area contributed by atoms with Crippen molar-refractivity contribution in [2.24, 2.45) is 0 Å². The van der Waals surface area contributed by atoms with Crippen LogP contribution in [0.3, 0.4) is 0 Å². The highest BCUT2D eigenvalue weighted by atomic mass is 16.5. The van der Waals surface area contributed by atoms with Crippen LogP contribution in [0.1, 0.15) is 30.6 Å². The van der Waals surface area contributed by atoms with E-state index in [0.717, 1.165) is 12.0 Å². The van der Waals surface area contributed by atoms with E-state index in [1.807, 2.05) is 13.8 Å². The van der Waals surface area contributed by atoms with Crippen molar-refractivity contribution in [3.63, 3.8) is 0 Å². The van der Waals surface area contributed by atoms with Gasteiger partial charge in [0.1, 0.15) is 0 Å². The van der Waals surface area contributed by atoms with Crippen LogP contribution in [-0.2, 0) is 0 Å². The normalized spacial score (nSPS) is 11.8. The highest BCUT2D eigenvalue weighted by Gasteiger charge is 2.15. The molecule has 0 saturated heterocycles. The lowest BCUT2D eigenvalue weighted by molar-refractivity contribution is 0.0939. The van der Waals surface area contributed by atoms with Gasteiger partial charge in [0.05, 0.1) is 24.4 Å². The van der Waals surface area contributed by atoms with Gasteiger partial charge < -0.3 is 15.2 Å². The number of ether oxygens (including phenoxy) is 1. The van der Waals surface area contributed by atoms with Crippen molar-refractivity contribution < 1.29 is 14.6 Å². The maximum Gasteiger partial charge on any atom is 0.253 e. The van der Waals surface area contributed by atoms with Gasteiger partial charge in [-0.1, -0.05) is 6.92 Å². The zero-order valence-corrected chi connectivity index (χ0v) is 15.4. The summed E-state index contributed by atoms with van der Waals surface area (Å²) in [6.45, 7) is 3.94. The molecule has 0 fully saturated rings. The van der Waals surface area contributed by atoms with Gasteiger partial charge in [0.15, 0.2) is 5.82 Å². The number of amides is 1. The molecule has 3 heterocycles. The number of aromatic hydroxyl groups is 1. The molecule has 140 valence electrons. The molecule has 0 spiro atoms. The number of carbonyl (C=O) groups is 1. The van der Waals surface area contributed by atoms with Gasteiger partial charge >= 0.3 is 0 Å². The van der Waals surface area contributed by atoms with Gasteiger partial charge in [-0.25, -0.2) is 9.97 Å². The molecule has 1 atom stereocenters. The van der Waals surface area contributed by atoms with Crippen LogP contribution >= 0.6 is 0 Å². The van der Waals surface area contributed by atoms with Crippen molar-refractivity contribution in [2.75, 3.05) is 7.11 Å². The van der Waals surface area contributed by atoms with Crippen molar-refractivity contribution in [1.82, 2.24) is 25.1 Å². The van der Waals surface area contributed by atoms with Crippen LogP contribution in [0.25, 0.3) is 16.9 Å². The molecule has 0 unspecified atom stereocenters. The van der Waals surface area contributed by atoms with Crippen LogP contribution in [0.4, 0.5) is 0 Å². The van der Waals surface area contributed by atoms with E-state index >= 15 is 0 Å². The van der Waals surface area contributed by atoms with Gasteiger partial charge in [0.2, 0.25) is 11.8 Å². The number of hydrogen-bond donors (Lipinski definition) is 2. The predicted octanol–water partition coefficient (Wildman–Crippen LogP) is 2.57. The first-order valence-corrected chi connectivity index (χ1v) is 8.58. The molecule has 2 N–H and O–H groups in total. The van der Waals surface area contributed by atoms with E-state index in [1.165, 1.54) is 24.2 Å². The van der Waals surface area contributed by atoms with E-state index in [9.17, 15) is 9.90 Å². The molecule has 0 aliphatic heterocycles. The smallest absolute Gasteiger partial charge is 0.253 e. The fourth-order valence-electron chi connectivity index (χ4n) is 2.46. The quantitative estimate of drug-likeness (QED) is 0.694. The molecule has 0 aliphatic rings. The molecule has 0 aromatic carbocycles. The molecule has 0 saturated carbocycles. The number of carbonyl (C=O) groups excluding carboxylic acids is 1. The second-order valence-corrected chi connectivity index (χ2v) is 6.07. The maximum atomic E-state index is 12.1. The number of aromatic nitrogens is 4. The molecular formula is C19H21N5O3. The van der Waals surface area contributed by atoms with Crippen molar-refractivity contribution in [3.05, 3.63) is 48.4 Å². The first-order chi connectivity index (χ1) is 13.0. The zero-order valence-electron chi connectivity index (χ0n) is 15.4. The Balaban J connectivity index is 1.85. The summed E-state index contributed by atoms with van der Waals surface area (Å²) >= 11 is 0. The second-order valence-electron chi connectivity index (χ2n) is 6.07. The Hall–Kier alpha value is -3.42. The third-order valence-corrected chi connectivity index (χ3v) is 4.22. The maximum absolute atomic E-state index is 12.1. The fraction of sp³-hybridized carbons (Fsp3) is 0.263. The molecule has 0 aliphatic carbocycles. The van der Waals surface area contributed by atoms with Crippen LogP contribution < -0.4 is 10.1 Å². The predicted molar refractivity (Wildman–Crippen MR) is 100 cm³/mol. The topological polar surface area (TPSA) is 102 Å². The van der Waals surface area contributed by atoms with Gasteiger partial charge in [-0.15, -0.1) is 0 Å². The number of methoxy groups -OCH3 is 1. The van der Waals surface area contributed by atoms with Crippen molar-refractivity contribution >= 4 is 5.91 Å². The average molecular weight is 367 g/mol. The molecule has 3 aromatic rings. The lowest BCUT2D eigenvalue weighted by Crippen LogP contribution is -2.31. The minimum absolute atomic E-state index is 0.0624. The highest BCUT2D eigenvalue weighted by molar-refractivity contribution is 5.94. The van der Waals surface area contributed by atoms with Gasteiger partial charge in [-0.05, 0) is 37.1 Å². The monoisotopic (exact) mass is 367 g/mol. The molecular weight excluding hydrogens is 346 g/mol. The largest absolute Gasteiger partial charge is 0.493 e. The number of nitrogens with one attached hydrogen (secondary N) is 1. The minimum Gasteiger partial charge on any atom is -0.493 e. The number of nitrogens with zero attached hydrogens (tertiary/aromatic N) is 4. The molecule has 1 amide bonds. The van der Waals surface area contributed by atoms with Crippen LogP contribution in [0.2, 0.25) is 0 Å². The summed E-state index contributed by atoms with van der Waals surface area (Å²) in [4.78, 5) is 20.4. The molecule has 8 heteroatoms. The van der Waals surface area contributed by atoms with Crippen molar-refractivity contribution in [1.29, 1.82) is 0 Å². The lowest BCUT2D eigenvalue weighted by atomic mass is 10.1. The molecule has 27 heavy (non-hydrogen) atoms. The van der Waals surface area contributed by atoms with E-state index in [2.05, 4.69) is 20.4 Å². The molecule has 8 nitrogen and oxygen atoms in total. The molecule has 3 aromatic heterocycles. The Kier molecular flexibility index (Phi) is 5.35. The Morgan fingerprint density at radius 2 is 2.11 bits per heavy atom. The summed E-state index contributed by atoms with van der Waals surface area (Å²) < 4.78 is 6.41. The third kappa shape index (κ3) is 3.89. The summed E-state index contributed by atoms with van der Waals surface area (Å²) in [6, 6.07) is 6.83. The number of rotatable bonds is 6. The van der Waals surface area contributed by atoms with Gasteiger partial charge in [0.25, 0.3) is 5.91 Å². The van der Waals surface area contributed by atoms with Gasteiger partial charge in [-0.3, -0.25) is 4.79 Å². The molecule has 0 radical (unpaired) electrons. The van der Waals surface area contributed by atoms with Gasteiger partial charge in [0, 0.05) is 24.5 Å². The summed E-state index contributed by atoms with van der Waals surface area (Å²) in [5.74, 6) is 0.597. The standard InChI is InChI=1S/C19H21N5O3/c1-4-12(2)23-18(25)14-5-6-16(21-10-14)24-19(26)15(11-22-24)13-7-8-20-17(9-13)27-3/h5-12,26H,4H2,1-3H3,(H,23,25)/t12-/m0/s1. The first kappa shape index (κ1) is 18.4. The summed E-state index contributed by atoms with van der Waals surface area (Å²) in [7, 11) is 1.53. The van der Waals surface area contributed by atoms with Crippen molar-refractivity contribution in [2.45, 2.75) is 26.3 Å². The van der Waals surface area contributed by atoms with E-state index in [1.54, 1.807) is 30.5 Å². The number of pyridine rings is 2. The van der Waals surface area contributed by atoms with Crippen LogP contribution in [0, 0.1) is 0 Å². The summed E-state index contributed by atoms with van der Waals surface area (Å²) in [5, 5.41) is 17.6. The lowest BCUT2D eigenvalue weighted by Gasteiger charge is -2.11. The van der Waals surface area contributed by atoms with E-state index in [0.29, 0.717) is 22.8 Å². The minimum atomic E-state index is -0.183. The van der Waals surface area contributed by atoms with Crippen molar-refractivity contribution in [3.8, 4) is 28.7 Å². The number of hydrogen-bond acceptors (Lipinski definition) is 6. The zero-order chi connectivity index (χ0) is 19.4. The third-order valence-electron chi connectivity index (χ3n) is 4.22. The Bertz CT molecular complexity index is 937. The van der Waals surface area contributed by atoms with Crippen LogP contribution in [-0.4, -0.2) is 43.9 Å². The SMILES string of the molecule is CC[C@H](C)NC(=O)c1ccc(-n2ncc(-c3ccnc(OC)c3)c2O)nc1. The van der Waals surface area contributed by atoms with E-state index in [4.69, 9.17) is 4.74 Å².